The molecular weight excluding hydrogens is 771 g/mol. The van der Waals surface area contributed by atoms with Crippen molar-refractivity contribution in [2.45, 2.75) is 132 Å². The standard InChI is InChI=1S/4C11H16O.Hf/c4*1-8-6-5-7-9(10(8)12)11(2,3)4;/h4*5-7,12H,1-4H3;. The van der Waals surface area contributed by atoms with Crippen LogP contribution < -0.4 is 0 Å². The summed E-state index contributed by atoms with van der Waals surface area (Å²) < 4.78 is 0. The molecule has 0 aliphatic heterocycles. The predicted octanol–water partition coefficient (Wildman–Crippen LogP) is 12.0. The monoisotopic (exact) mass is 836 g/mol. The molecule has 0 aliphatic rings. The summed E-state index contributed by atoms with van der Waals surface area (Å²) in [5.41, 5.74) is 7.95. The maximum Gasteiger partial charge on any atom is 0.122 e. The van der Waals surface area contributed by atoms with Crippen LogP contribution in [-0.2, 0) is 47.5 Å². The number of rotatable bonds is 0. The zero-order valence-corrected chi connectivity index (χ0v) is 36.8. The van der Waals surface area contributed by atoms with Crippen molar-refractivity contribution in [1.82, 2.24) is 0 Å². The number of hydrogen-bond donors (Lipinski definition) is 4. The molecule has 49 heavy (non-hydrogen) atoms. The fourth-order valence-corrected chi connectivity index (χ4v) is 5.06. The van der Waals surface area contributed by atoms with Crippen LogP contribution in [0.15, 0.2) is 72.8 Å². The van der Waals surface area contributed by atoms with Gasteiger partial charge >= 0.3 is 0 Å². The van der Waals surface area contributed by atoms with Crippen LogP contribution in [-0.4, -0.2) is 20.4 Å². The van der Waals surface area contributed by atoms with Gasteiger partial charge in [-0.25, -0.2) is 0 Å². The molecule has 0 radical (unpaired) electrons. The van der Waals surface area contributed by atoms with Crippen LogP contribution in [0.5, 0.6) is 23.0 Å². The van der Waals surface area contributed by atoms with E-state index in [-0.39, 0.29) is 47.5 Å². The molecule has 5 heteroatoms. The molecule has 0 atom stereocenters. The predicted molar refractivity (Wildman–Crippen MR) is 206 cm³/mol. The number of phenolic OH excluding ortho intramolecular Hbond substituents is 4. The van der Waals surface area contributed by atoms with E-state index in [9.17, 15) is 20.4 Å². The summed E-state index contributed by atoms with van der Waals surface area (Å²) in [4.78, 5) is 0. The molecule has 268 valence electrons. The number of para-hydroxylation sites is 4. The summed E-state index contributed by atoms with van der Waals surface area (Å²) >= 11 is 0. The third-order valence-corrected chi connectivity index (χ3v) is 8.18. The van der Waals surface area contributed by atoms with Gasteiger partial charge in [0.2, 0.25) is 0 Å². The van der Waals surface area contributed by atoms with Crippen LogP contribution in [0.4, 0.5) is 0 Å². The van der Waals surface area contributed by atoms with Gasteiger partial charge in [0.15, 0.2) is 0 Å². The van der Waals surface area contributed by atoms with Crippen LogP contribution in [0, 0.1) is 27.7 Å². The number of benzene rings is 4. The first-order chi connectivity index (χ1) is 21.7. The molecule has 4 nitrogen and oxygen atoms in total. The summed E-state index contributed by atoms with van der Waals surface area (Å²) in [5, 5.41) is 38.9. The average molecular weight is 835 g/mol. The van der Waals surface area contributed by atoms with Gasteiger partial charge in [-0.3, -0.25) is 0 Å². The van der Waals surface area contributed by atoms with E-state index in [2.05, 4.69) is 83.1 Å². The maximum absolute atomic E-state index is 9.73. The second-order valence-electron chi connectivity index (χ2n) is 16.9. The van der Waals surface area contributed by atoms with E-state index >= 15 is 0 Å². The SMILES string of the molecule is Cc1cccc(C(C)(C)C)c1O.Cc1cccc(C(C)(C)C)c1O.Cc1cccc(C(C)(C)C)c1O.Cc1cccc(C(C)(C)C)c1O.[Hf]. The second kappa shape index (κ2) is 18.3. The Balaban J connectivity index is 0.000000623. The molecule has 4 aromatic carbocycles. The van der Waals surface area contributed by atoms with E-state index in [4.69, 9.17) is 0 Å². The van der Waals surface area contributed by atoms with Crippen molar-refractivity contribution >= 4 is 0 Å². The van der Waals surface area contributed by atoms with Gasteiger partial charge in [-0.05, 0) is 93.9 Å². The molecule has 4 aromatic rings. The van der Waals surface area contributed by atoms with E-state index in [1.54, 1.807) is 0 Å². The van der Waals surface area contributed by atoms with E-state index in [0.29, 0.717) is 23.0 Å². The summed E-state index contributed by atoms with van der Waals surface area (Å²) in [7, 11) is 0. The van der Waals surface area contributed by atoms with Crippen LogP contribution in [0.1, 0.15) is 128 Å². The van der Waals surface area contributed by atoms with Crippen molar-refractivity contribution in [3.05, 3.63) is 117 Å². The average Bonchev–Trinajstić information content (AvgIpc) is 2.93. The molecule has 0 aliphatic carbocycles. The quantitative estimate of drug-likeness (QED) is 0.133. The first-order valence-corrected chi connectivity index (χ1v) is 16.9. The molecule has 0 spiro atoms. The maximum atomic E-state index is 9.73. The summed E-state index contributed by atoms with van der Waals surface area (Å²) in [5.74, 6) is 1.74. The van der Waals surface area contributed by atoms with Crippen LogP contribution in [0.2, 0.25) is 0 Å². The Labute approximate surface area is 317 Å². The van der Waals surface area contributed by atoms with E-state index in [0.717, 1.165) is 44.5 Å². The zero-order valence-electron chi connectivity index (χ0n) is 33.2. The normalized spacial score (nSPS) is 11.4. The van der Waals surface area contributed by atoms with Gasteiger partial charge in [-0.1, -0.05) is 156 Å². The number of phenols is 4. The van der Waals surface area contributed by atoms with Gasteiger partial charge in [0, 0.05) is 25.8 Å². The number of aromatic hydroxyl groups is 4. The van der Waals surface area contributed by atoms with Crippen molar-refractivity contribution in [3.63, 3.8) is 0 Å². The molecule has 0 saturated heterocycles. The van der Waals surface area contributed by atoms with E-state index in [1.807, 2.05) is 100 Å². The molecule has 0 unspecified atom stereocenters. The van der Waals surface area contributed by atoms with Gasteiger partial charge in [0.05, 0.1) is 0 Å². The molecule has 0 saturated carbocycles. The Hall–Kier alpha value is -3.05. The molecule has 0 amide bonds. The van der Waals surface area contributed by atoms with Gasteiger partial charge in [0.1, 0.15) is 23.0 Å². The Bertz CT molecular complexity index is 1380. The number of aryl methyl sites for hydroxylation is 4. The number of hydrogen-bond acceptors (Lipinski definition) is 4. The summed E-state index contributed by atoms with van der Waals surface area (Å²) in [6.07, 6.45) is 0. The minimum Gasteiger partial charge on any atom is -0.507 e. The molecule has 0 fully saturated rings. The third kappa shape index (κ3) is 14.0. The largest absolute Gasteiger partial charge is 0.507 e. The van der Waals surface area contributed by atoms with E-state index < -0.39 is 0 Å². The summed E-state index contributed by atoms with van der Waals surface area (Å²) in [6.45, 7) is 32.9. The van der Waals surface area contributed by atoms with Crippen LogP contribution in [0.3, 0.4) is 0 Å². The Morgan fingerprint density at radius 3 is 0.551 bits per heavy atom. The Morgan fingerprint density at radius 1 is 0.306 bits per heavy atom. The van der Waals surface area contributed by atoms with Gasteiger partial charge in [0.25, 0.3) is 0 Å². The Morgan fingerprint density at radius 2 is 0.449 bits per heavy atom. The van der Waals surface area contributed by atoms with E-state index in [1.165, 1.54) is 0 Å². The Kier molecular flexibility index (Phi) is 17.1. The van der Waals surface area contributed by atoms with Gasteiger partial charge in [-0.15, -0.1) is 0 Å². The van der Waals surface area contributed by atoms with Crippen LogP contribution in [0.25, 0.3) is 0 Å². The minimum absolute atomic E-state index is 0. The zero-order chi connectivity index (χ0) is 37.4. The minimum atomic E-state index is 0. The first kappa shape index (κ1) is 46.0. The molecular formula is C44H64HfO4. The first-order valence-electron chi connectivity index (χ1n) is 16.9. The molecule has 4 rings (SSSR count). The smallest absolute Gasteiger partial charge is 0.122 e. The topological polar surface area (TPSA) is 80.9 Å². The fraction of sp³-hybridized carbons (Fsp3) is 0.455. The summed E-state index contributed by atoms with van der Waals surface area (Å²) in [6, 6.07) is 23.5. The fourth-order valence-electron chi connectivity index (χ4n) is 5.06. The van der Waals surface area contributed by atoms with Crippen molar-refractivity contribution in [3.8, 4) is 23.0 Å². The van der Waals surface area contributed by atoms with Gasteiger partial charge in [-0.2, -0.15) is 0 Å². The van der Waals surface area contributed by atoms with Gasteiger partial charge < -0.3 is 20.4 Å². The molecule has 4 N–H and O–H groups in total. The molecule has 0 bridgehead atoms. The van der Waals surface area contributed by atoms with Crippen molar-refractivity contribution in [1.29, 1.82) is 0 Å². The third-order valence-electron chi connectivity index (χ3n) is 8.18. The van der Waals surface area contributed by atoms with Crippen LogP contribution >= 0.6 is 0 Å². The molecule has 0 aromatic heterocycles. The van der Waals surface area contributed by atoms with Crippen molar-refractivity contribution in [2.75, 3.05) is 0 Å². The molecule has 0 heterocycles. The van der Waals surface area contributed by atoms with Crippen molar-refractivity contribution in [2.24, 2.45) is 0 Å². The van der Waals surface area contributed by atoms with Crippen molar-refractivity contribution < 1.29 is 46.3 Å². The second-order valence-corrected chi connectivity index (χ2v) is 16.9.